The van der Waals surface area contributed by atoms with Crippen molar-refractivity contribution in [2.45, 2.75) is 42.4 Å². The maximum absolute atomic E-state index is 13.3. The van der Waals surface area contributed by atoms with Crippen molar-refractivity contribution in [3.63, 3.8) is 0 Å². The first-order valence-corrected chi connectivity index (χ1v) is 9.13. The summed E-state index contributed by atoms with van der Waals surface area (Å²) >= 11 is 0. The molecule has 0 spiro atoms. The fourth-order valence-corrected chi connectivity index (χ4v) is 1.94. The van der Waals surface area contributed by atoms with Gasteiger partial charge in [0.15, 0.2) is 0 Å². The zero-order valence-corrected chi connectivity index (χ0v) is 16.2. The van der Waals surface area contributed by atoms with Crippen molar-refractivity contribution in [2.75, 3.05) is 12.4 Å². The SMILES string of the molecule is C=CC(=O)OCC(O)CC(F)(F)C(F)(F)C(F)(C(F)(F)F)C(F)(F)F.C=CCS(=O)(=O)O. The zero-order chi connectivity index (χ0) is 26.4. The van der Waals surface area contributed by atoms with Gasteiger partial charge in [0.05, 0.1) is 11.9 Å². The fraction of sp³-hybridized carbons (Fsp3) is 0.643. The van der Waals surface area contributed by atoms with Crippen molar-refractivity contribution in [2.24, 2.45) is 0 Å². The number of aliphatic hydroxyl groups is 1. The van der Waals surface area contributed by atoms with E-state index in [-0.39, 0.29) is 5.75 Å². The first kappa shape index (κ1) is 32.2. The molecule has 0 aromatic carbocycles. The van der Waals surface area contributed by atoms with E-state index in [2.05, 4.69) is 17.9 Å². The van der Waals surface area contributed by atoms with Gasteiger partial charge in [-0.1, -0.05) is 12.7 Å². The Morgan fingerprint density at radius 3 is 1.59 bits per heavy atom. The minimum Gasteiger partial charge on any atom is -0.460 e. The summed E-state index contributed by atoms with van der Waals surface area (Å²) in [6.45, 7) is 4.43. The lowest BCUT2D eigenvalue weighted by atomic mass is 9.88. The minimum atomic E-state index is -7.59. The van der Waals surface area contributed by atoms with Crippen LogP contribution in [0.3, 0.4) is 0 Å². The van der Waals surface area contributed by atoms with Crippen LogP contribution < -0.4 is 0 Å². The maximum atomic E-state index is 13.3. The quantitative estimate of drug-likeness (QED) is 0.158. The lowest BCUT2D eigenvalue weighted by Gasteiger charge is -2.40. The highest BCUT2D eigenvalue weighted by molar-refractivity contribution is 7.85. The Morgan fingerprint density at radius 1 is 0.938 bits per heavy atom. The van der Waals surface area contributed by atoms with Gasteiger partial charge in [0.2, 0.25) is 0 Å². The maximum Gasteiger partial charge on any atom is 0.438 e. The molecule has 190 valence electrons. The monoisotopic (exact) mass is 520 g/mol. The fourth-order valence-electron chi connectivity index (χ4n) is 1.64. The van der Waals surface area contributed by atoms with Crippen LogP contribution >= 0.6 is 0 Å². The number of esters is 1. The molecular weight excluding hydrogens is 505 g/mol. The highest BCUT2D eigenvalue weighted by Crippen LogP contribution is 2.59. The summed E-state index contributed by atoms with van der Waals surface area (Å²) in [5.74, 6) is -15.4. The van der Waals surface area contributed by atoms with Crippen LogP contribution in [-0.4, -0.2) is 72.4 Å². The van der Waals surface area contributed by atoms with E-state index in [4.69, 9.17) is 9.66 Å². The molecular formula is C14H15F11O6S. The molecule has 0 aromatic heterocycles. The van der Waals surface area contributed by atoms with E-state index in [9.17, 15) is 61.5 Å². The molecule has 18 heteroatoms. The summed E-state index contributed by atoms with van der Waals surface area (Å²) in [6, 6.07) is 0. The van der Waals surface area contributed by atoms with Gasteiger partial charge in [0.1, 0.15) is 6.61 Å². The lowest BCUT2D eigenvalue weighted by Crippen LogP contribution is -2.70. The van der Waals surface area contributed by atoms with Gasteiger partial charge in [0, 0.05) is 12.5 Å². The van der Waals surface area contributed by atoms with Crippen LogP contribution in [0.1, 0.15) is 6.42 Å². The van der Waals surface area contributed by atoms with E-state index in [0.29, 0.717) is 6.08 Å². The van der Waals surface area contributed by atoms with E-state index >= 15 is 0 Å². The molecule has 2 N–H and O–H groups in total. The van der Waals surface area contributed by atoms with Crippen LogP contribution in [0.25, 0.3) is 0 Å². The predicted octanol–water partition coefficient (Wildman–Crippen LogP) is 3.63. The van der Waals surface area contributed by atoms with Gasteiger partial charge in [-0.25, -0.2) is 9.18 Å². The number of aliphatic hydroxyl groups excluding tert-OH is 1. The highest BCUT2D eigenvalue weighted by atomic mass is 32.2. The minimum absolute atomic E-state index is 0.368. The predicted molar refractivity (Wildman–Crippen MR) is 84.2 cm³/mol. The number of alkyl halides is 11. The summed E-state index contributed by atoms with van der Waals surface area (Å²) in [5.41, 5.74) is -7.59. The largest absolute Gasteiger partial charge is 0.460 e. The molecule has 0 saturated carbocycles. The average Bonchev–Trinajstić information content (AvgIpc) is 2.55. The Bertz CT molecular complexity index is 744. The van der Waals surface area contributed by atoms with E-state index in [1.165, 1.54) is 0 Å². The van der Waals surface area contributed by atoms with Gasteiger partial charge in [-0.2, -0.15) is 52.3 Å². The molecule has 0 aliphatic rings. The molecule has 0 amide bonds. The Morgan fingerprint density at radius 2 is 1.34 bits per heavy atom. The van der Waals surface area contributed by atoms with Gasteiger partial charge in [-0.3, -0.25) is 4.55 Å². The van der Waals surface area contributed by atoms with Crippen molar-refractivity contribution in [1.82, 2.24) is 0 Å². The van der Waals surface area contributed by atoms with Crippen LogP contribution in [0.15, 0.2) is 25.3 Å². The number of carbonyl (C=O) groups is 1. The standard InChI is InChI=1S/C11H9F11O3.C3H6O3S/c1-2-6(24)25-4-5(23)3-7(12,13)9(15,16)8(14,10(17,18)19)11(20,21)22;1-2-3-7(4,5)6/h2,5,23H,1,3-4H2;2H,1,3H2,(H,4,5,6). The second-order valence-electron chi connectivity index (χ2n) is 5.66. The molecule has 1 atom stereocenters. The third kappa shape index (κ3) is 8.19. The van der Waals surface area contributed by atoms with E-state index in [1.54, 1.807) is 0 Å². The Hall–Kier alpha value is -1.95. The normalized spacial score (nSPS) is 14.7. The van der Waals surface area contributed by atoms with E-state index in [0.717, 1.165) is 6.08 Å². The van der Waals surface area contributed by atoms with Crippen molar-refractivity contribution < 1.29 is 75.9 Å². The summed E-state index contributed by atoms with van der Waals surface area (Å²) < 4.78 is 171. The smallest absolute Gasteiger partial charge is 0.438 e. The zero-order valence-electron chi connectivity index (χ0n) is 15.4. The third-order valence-electron chi connectivity index (χ3n) is 3.08. The molecule has 0 bridgehead atoms. The van der Waals surface area contributed by atoms with Crippen molar-refractivity contribution in [1.29, 1.82) is 0 Å². The molecule has 32 heavy (non-hydrogen) atoms. The number of halogens is 11. The second-order valence-corrected chi connectivity index (χ2v) is 7.16. The molecule has 0 fully saturated rings. The summed E-state index contributed by atoms with van der Waals surface area (Å²) in [4.78, 5) is 10.6. The first-order chi connectivity index (χ1) is 13.9. The molecule has 1 unspecified atom stereocenters. The van der Waals surface area contributed by atoms with Gasteiger partial charge in [0.25, 0.3) is 10.1 Å². The molecule has 0 saturated heterocycles. The molecule has 6 nitrogen and oxygen atoms in total. The molecule has 0 aliphatic carbocycles. The van der Waals surface area contributed by atoms with E-state index < -0.39 is 65.1 Å². The van der Waals surface area contributed by atoms with Crippen molar-refractivity contribution in [3.8, 4) is 0 Å². The Kier molecular flexibility index (Phi) is 10.9. The number of hydrogen-bond acceptors (Lipinski definition) is 5. The summed E-state index contributed by atoms with van der Waals surface area (Å²) in [6.07, 6.45) is -18.9. The Balaban J connectivity index is 0. The molecule has 0 radical (unpaired) electrons. The van der Waals surface area contributed by atoms with Crippen molar-refractivity contribution >= 4 is 16.1 Å². The van der Waals surface area contributed by atoms with Crippen LogP contribution in [0.4, 0.5) is 48.3 Å². The number of hydrogen-bond donors (Lipinski definition) is 2. The average molecular weight is 520 g/mol. The van der Waals surface area contributed by atoms with Gasteiger partial charge >= 0.3 is 35.8 Å². The molecule has 0 aliphatic heterocycles. The summed E-state index contributed by atoms with van der Waals surface area (Å²) in [7, 11) is -3.79. The molecule has 0 rings (SSSR count). The number of rotatable bonds is 9. The number of carbonyl (C=O) groups excluding carboxylic acids is 1. The van der Waals surface area contributed by atoms with Gasteiger partial charge in [-0.15, -0.1) is 6.58 Å². The number of ether oxygens (including phenoxy) is 1. The third-order valence-corrected chi connectivity index (χ3v) is 3.74. The van der Waals surface area contributed by atoms with Crippen LogP contribution in [0, 0.1) is 0 Å². The Labute approximate surface area is 173 Å². The highest BCUT2D eigenvalue weighted by Gasteiger charge is 2.89. The first-order valence-electron chi connectivity index (χ1n) is 7.52. The topological polar surface area (TPSA) is 101 Å². The van der Waals surface area contributed by atoms with Crippen molar-refractivity contribution in [3.05, 3.63) is 25.3 Å². The van der Waals surface area contributed by atoms with Crippen LogP contribution in [0.5, 0.6) is 0 Å². The van der Waals surface area contributed by atoms with Gasteiger partial charge < -0.3 is 9.84 Å². The summed E-state index contributed by atoms with van der Waals surface area (Å²) in [5, 5.41) is 8.95. The van der Waals surface area contributed by atoms with E-state index in [1.807, 2.05) is 0 Å². The molecule has 0 aromatic rings. The van der Waals surface area contributed by atoms with Gasteiger partial charge in [-0.05, 0) is 0 Å². The molecule has 0 heterocycles. The second kappa shape index (κ2) is 10.8. The lowest BCUT2D eigenvalue weighted by molar-refractivity contribution is -0.428. The van der Waals surface area contributed by atoms with Crippen LogP contribution in [0.2, 0.25) is 0 Å². The van der Waals surface area contributed by atoms with Crippen LogP contribution in [-0.2, 0) is 19.6 Å².